The Hall–Kier alpha value is -2.07. The minimum Gasteiger partial charge on any atom is -0.389 e. The van der Waals surface area contributed by atoms with Gasteiger partial charge in [0.2, 0.25) is 10.0 Å². The summed E-state index contributed by atoms with van der Waals surface area (Å²) in [6, 6.07) is 24.9. The topological polar surface area (TPSA) is 70.1 Å². The van der Waals surface area contributed by atoms with E-state index in [4.69, 9.17) is 4.74 Å². The molecular weight excluding hydrogens is 528 g/mol. The summed E-state index contributed by atoms with van der Waals surface area (Å²) in [5, 5.41) is 10.7. The van der Waals surface area contributed by atoms with Gasteiger partial charge in [0, 0.05) is 37.2 Å². The molecule has 0 unspecified atom stereocenters. The fourth-order valence-electron chi connectivity index (χ4n) is 4.34. The third-order valence-corrected chi connectivity index (χ3v) is 8.72. The fourth-order valence-corrected chi connectivity index (χ4v) is 6.03. The third-order valence-electron chi connectivity index (χ3n) is 6.28. The number of aliphatic hydroxyl groups excluding tert-OH is 1. The second kappa shape index (κ2) is 11.8. The van der Waals surface area contributed by atoms with Crippen LogP contribution in [0.25, 0.3) is 0 Å². The van der Waals surface area contributed by atoms with Crippen molar-refractivity contribution in [2.24, 2.45) is 0 Å². The maximum Gasteiger partial charge on any atom is 0.243 e. The standard InChI is InChI=1S/C27H31BrN2O4S/c1-21-7-5-6-10-26(21)27(22-8-3-2-4-9-22)34-20-24(31)19-29-15-17-30(18-16-29)35(32,33)25-13-11-23(28)12-14-25/h2-14,24,27,31H,15-20H2,1H3/t24-,27-/m0/s1. The van der Waals surface area contributed by atoms with Crippen LogP contribution in [0.1, 0.15) is 22.8 Å². The molecular formula is C27H31BrN2O4S. The highest BCUT2D eigenvalue weighted by atomic mass is 79.9. The number of nitrogens with zero attached hydrogens (tertiary/aromatic N) is 2. The van der Waals surface area contributed by atoms with Gasteiger partial charge in [-0.1, -0.05) is 70.5 Å². The van der Waals surface area contributed by atoms with Crippen LogP contribution in [0.3, 0.4) is 0 Å². The lowest BCUT2D eigenvalue weighted by atomic mass is 9.97. The lowest BCUT2D eigenvalue weighted by Gasteiger charge is -2.35. The van der Waals surface area contributed by atoms with Crippen molar-refractivity contribution >= 4 is 26.0 Å². The number of benzene rings is 3. The molecule has 1 fully saturated rings. The zero-order chi connectivity index (χ0) is 24.8. The maximum absolute atomic E-state index is 12.9. The Labute approximate surface area is 216 Å². The number of sulfonamides is 1. The first-order valence-corrected chi connectivity index (χ1v) is 14.0. The van der Waals surface area contributed by atoms with Gasteiger partial charge in [0.1, 0.15) is 6.10 Å². The molecule has 0 bridgehead atoms. The van der Waals surface area contributed by atoms with Crippen LogP contribution in [0.5, 0.6) is 0 Å². The minimum absolute atomic E-state index is 0.186. The van der Waals surface area contributed by atoms with Crippen molar-refractivity contribution in [2.45, 2.75) is 24.0 Å². The molecule has 4 rings (SSSR count). The predicted molar refractivity (Wildman–Crippen MR) is 141 cm³/mol. The van der Waals surface area contributed by atoms with E-state index < -0.39 is 16.1 Å². The van der Waals surface area contributed by atoms with Gasteiger partial charge in [-0.25, -0.2) is 8.42 Å². The normalized spacial score (nSPS) is 17.2. The molecule has 2 atom stereocenters. The highest BCUT2D eigenvalue weighted by Gasteiger charge is 2.29. The van der Waals surface area contributed by atoms with Gasteiger partial charge < -0.3 is 9.84 Å². The van der Waals surface area contributed by atoms with Crippen LogP contribution in [0.4, 0.5) is 0 Å². The number of piperazine rings is 1. The Kier molecular flexibility index (Phi) is 8.75. The molecule has 186 valence electrons. The molecule has 0 spiro atoms. The molecule has 1 saturated heterocycles. The molecule has 0 saturated carbocycles. The SMILES string of the molecule is Cc1ccccc1[C@@H](OC[C@@H](O)CN1CCN(S(=O)(=O)c2ccc(Br)cc2)CC1)c1ccccc1. The smallest absolute Gasteiger partial charge is 0.243 e. The van der Waals surface area contributed by atoms with E-state index >= 15 is 0 Å². The van der Waals surface area contributed by atoms with E-state index in [1.54, 1.807) is 24.3 Å². The van der Waals surface area contributed by atoms with Crippen molar-refractivity contribution in [1.82, 2.24) is 9.21 Å². The lowest BCUT2D eigenvalue weighted by molar-refractivity contribution is -0.0118. The summed E-state index contributed by atoms with van der Waals surface area (Å²) in [5.41, 5.74) is 3.26. The molecule has 0 aromatic heterocycles. The van der Waals surface area contributed by atoms with Crippen molar-refractivity contribution in [2.75, 3.05) is 39.3 Å². The van der Waals surface area contributed by atoms with Crippen molar-refractivity contribution in [3.8, 4) is 0 Å². The number of hydrogen-bond donors (Lipinski definition) is 1. The zero-order valence-electron chi connectivity index (χ0n) is 19.8. The number of halogens is 1. The van der Waals surface area contributed by atoms with E-state index in [1.165, 1.54) is 4.31 Å². The second-order valence-electron chi connectivity index (χ2n) is 8.79. The first-order valence-electron chi connectivity index (χ1n) is 11.7. The first kappa shape index (κ1) is 26.0. The second-order valence-corrected chi connectivity index (χ2v) is 11.6. The van der Waals surface area contributed by atoms with Gasteiger partial charge in [0.05, 0.1) is 17.6 Å². The van der Waals surface area contributed by atoms with Crippen LogP contribution >= 0.6 is 15.9 Å². The van der Waals surface area contributed by atoms with Crippen LogP contribution in [-0.4, -0.2) is 68.2 Å². The van der Waals surface area contributed by atoms with Crippen LogP contribution in [0, 0.1) is 6.92 Å². The van der Waals surface area contributed by atoms with Crippen molar-refractivity contribution in [3.63, 3.8) is 0 Å². The molecule has 1 aliphatic heterocycles. The summed E-state index contributed by atoms with van der Waals surface area (Å²) >= 11 is 3.34. The van der Waals surface area contributed by atoms with Gasteiger partial charge in [-0.05, 0) is 47.9 Å². The van der Waals surface area contributed by atoms with E-state index in [2.05, 4.69) is 39.9 Å². The Bertz CT molecular complexity index is 1200. The molecule has 1 N–H and O–H groups in total. The van der Waals surface area contributed by atoms with Crippen molar-refractivity contribution < 1.29 is 18.3 Å². The van der Waals surface area contributed by atoms with Crippen LogP contribution < -0.4 is 0 Å². The Morgan fingerprint density at radius 1 is 0.914 bits per heavy atom. The molecule has 1 heterocycles. The fraction of sp³-hybridized carbons (Fsp3) is 0.333. The molecule has 3 aromatic carbocycles. The van der Waals surface area contributed by atoms with Gasteiger partial charge >= 0.3 is 0 Å². The average Bonchev–Trinajstić information content (AvgIpc) is 2.86. The zero-order valence-corrected chi connectivity index (χ0v) is 22.2. The Morgan fingerprint density at radius 2 is 1.54 bits per heavy atom. The molecule has 6 nitrogen and oxygen atoms in total. The summed E-state index contributed by atoms with van der Waals surface area (Å²) in [5.74, 6) is 0. The number of ether oxygens (including phenoxy) is 1. The van der Waals surface area contributed by atoms with E-state index in [0.29, 0.717) is 37.6 Å². The predicted octanol–water partition coefficient (Wildman–Crippen LogP) is 4.23. The van der Waals surface area contributed by atoms with Crippen LogP contribution in [0.15, 0.2) is 88.2 Å². The monoisotopic (exact) mass is 558 g/mol. The third kappa shape index (κ3) is 6.58. The summed E-state index contributed by atoms with van der Waals surface area (Å²) in [7, 11) is -3.52. The van der Waals surface area contributed by atoms with E-state index in [9.17, 15) is 13.5 Å². The molecule has 0 radical (unpaired) electrons. The average molecular weight is 560 g/mol. The van der Waals surface area contributed by atoms with Gasteiger partial charge in [0.25, 0.3) is 0 Å². The number of aliphatic hydroxyl groups is 1. The molecule has 0 aliphatic carbocycles. The van der Waals surface area contributed by atoms with Crippen LogP contribution in [0.2, 0.25) is 0 Å². The van der Waals surface area contributed by atoms with Gasteiger partial charge in [-0.15, -0.1) is 0 Å². The van der Waals surface area contributed by atoms with E-state index in [0.717, 1.165) is 21.2 Å². The largest absolute Gasteiger partial charge is 0.389 e. The lowest BCUT2D eigenvalue weighted by Crippen LogP contribution is -2.50. The summed E-state index contributed by atoms with van der Waals surface area (Å²) in [4.78, 5) is 2.39. The quantitative estimate of drug-likeness (QED) is 0.425. The highest BCUT2D eigenvalue weighted by molar-refractivity contribution is 9.10. The van der Waals surface area contributed by atoms with E-state index in [1.807, 2.05) is 42.5 Å². The van der Waals surface area contributed by atoms with Gasteiger partial charge in [-0.3, -0.25) is 4.90 Å². The Balaban J connectivity index is 1.33. The highest BCUT2D eigenvalue weighted by Crippen LogP contribution is 2.28. The molecule has 3 aromatic rings. The van der Waals surface area contributed by atoms with Crippen LogP contribution in [-0.2, 0) is 14.8 Å². The van der Waals surface area contributed by atoms with Crippen molar-refractivity contribution in [3.05, 3.63) is 100 Å². The van der Waals surface area contributed by atoms with Gasteiger partial charge in [-0.2, -0.15) is 4.31 Å². The number of hydrogen-bond acceptors (Lipinski definition) is 5. The number of aryl methyl sites for hydroxylation is 1. The van der Waals surface area contributed by atoms with Crippen molar-refractivity contribution in [1.29, 1.82) is 0 Å². The minimum atomic E-state index is -3.52. The molecule has 8 heteroatoms. The maximum atomic E-state index is 12.9. The summed E-state index contributed by atoms with van der Waals surface area (Å²) in [6.07, 6.45) is -0.945. The van der Waals surface area contributed by atoms with E-state index in [-0.39, 0.29) is 12.7 Å². The van der Waals surface area contributed by atoms with Gasteiger partial charge in [0.15, 0.2) is 0 Å². The molecule has 35 heavy (non-hydrogen) atoms. The molecule has 0 amide bonds. The molecule has 1 aliphatic rings. The summed E-state index contributed by atoms with van der Waals surface area (Å²) in [6.45, 7) is 4.59. The number of rotatable bonds is 9. The number of β-amino-alcohol motifs (C(OH)–C–C–N with tert-alkyl or cyclic N) is 1. The summed E-state index contributed by atoms with van der Waals surface area (Å²) < 4.78 is 34.5. The first-order chi connectivity index (χ1) is 16.8. The Morgan fingerprint density at radius 3 is 2.20 bits per heavy atom.